The number of ether oxygens (including phenoxy) is 1. The van der Waals surface area contributed by atoms with Crippen molar-refractivity contribution in [1.82, 2.24) is 4.98 Å². The zero-order chi connectivity index (χ0) is 17.3. The number of carbonyl (C=O) groups is 2. The molecule has 122 valence electrons. The number of hydrogen-bond donors (Lipinski definition) is 2. The van der Waals surface area contributed by atoms with Crippen LogP contribution in [0.4, 0.5) is 5.69 Å². The molecule has 0 radical (unpaired) electrons. The van der Waals surface area contributed by atoms with Crippen LogP contribution in [0, 0.1) is 13.8 Å². The number of anilines is 1. The van der Waals surface area contributed by atoms with E-state index in [1.165, 1.54) is 0 Å². The number of amides is 1. The van der Waals surface area contributed by atoms with Gasteiger partial charge in [-0.2, -0.15) is 0 Å². The number of fused-ring (bicyclic) bond motifs is 1. The van der Waals surface area contributed by atoms with Gasteiger partial charge in [-0.1, -0.05) is 6.07 Å². The molecule has 0 aliphatic carbocycles. The molecule has 24 heavy (non-hydrogen) atoms. The molecule has 5 heteroatoms. The molecule has 5 nitrogen and oxygen atoms in total. The number of carbonyl (C=O) groups excluding carboxylic acids is 2. The van der Waals surface area contributed by atoms with Crippen molar-refractivity contribution in [3.8, 4) is 5.75 Å². The Hall–Kier alpha value is -3.08. The lowest BCUT2D eigenvalue weighted by Gasteiger charge is -2.07. The van der Waals surface area contributed by atoms with Gasteiger partial charge in [0.15, 0.2) is 0 Å². The Balaban J connectivity index is 1.88. The van der Waals surface area contributed by atoms with E-state index < -0.39 is 11.7 Å². The van der Waals surface area contributed by atoms with E-state index in [2.05, 4.69) is 10.3 Å². The Kier molecular flexibility index (Phi) is 4.08. The number of nitrogens with one attached hydrogen (secondary N) is 2. The normalized spacial score (nSPS) is 10.6. The number of methoxy groups -OCH3 is 1. The number of aromatic amines is 1. The second kappa shape index (κ2) is 6.20. The van der Waals surface area contributed by atoms with Gasteiger partial charge in [-0.25, -0.2) is 0 Å². The number of aryl methyl sites for hydroxylation is 2. The molecule has 0 aliphatic rings. The lowest BCUT2D eigenvalue weighted by molar-refractivity contribution is -0.112. The van der Waals surface area contributed by atoms with Crippen LogP contribution in [-0.2, 0) is 4.79 Å². The van der Waals surface area contributed by atoms with Gasteiger partial charge in [0.1, 0.15) is 5.75 Å². The molecular formula is C19H18N2O3. The van der Waals surface area contributed by atoms with Gasteiger partial charge in [0.25, 0.3) is 11.7 Å². The van der Waals surface area contributed by atoms with Crippen LogP contribution in [0.3, 0.4) is 0 Å². The minimum absolute atomic E-state index is 0.324. The summed E-state index contributed by atoms with van der Waals surface area (Å²) in [4.78, 5) is 27.8. The smallest absolute Gasteiger partial charge is 0.296 e. The minimum Gasteiger partial charge on any atom is -0.497 e. The van der Waals surface area contributed by atoms with E-state index in [1.807, 2.05) is 32.0 Å². The van der Waals surface area contributed by atoms with Crippen molar-refractivity contribution in [2.45, 2.75) is 13.8 Å². The summed E-state index contributed by atoms with van der Waals surface area (Å²) in [5.41, 5.74) is 3.89. The summed E-state index contributed by atoms with van der Waals surface area (Å²) in [6.07, 6.45) is 1.55. The average molecular weight is 322 g/mol. The highest BCUT2D eigenvalue weighted by Crippen LogP contribution is 2.24. The van der Waals surface area contributed by atoms with Crippen LogP contribution >= 0.6 is 0 Å². The van der Waals surface area contributed by atoms with E-state index in [0.717, 1.165) is 16.6 Å². The lowest BCUT2D eigenvalue weighted by atomic mass is 10.1. The molecule has 0 fully saturated rings. The van der Waals surface area contributed by atoms with E-state index >= 15 is 0 Å². The van der Waals surface area contributed by atoms with Gasteiger partial charge < -0.3 is 15.0 Å². The largest absolute Gasteiger partial charge is 0.497 e. The van der Waals surface area contributed by atoms with Crippen molar-refractivity contribution in [3.63, 3.8) is 0 Å². The highest BCUT2D eigenvalue weighted by molar-refractivity contribution is 6.48. The first-order valence-electron chi connectivity index (χ1n) is 7.57. The van der Waals surface area contributed by atoms with Crippen LogP contribution in [-0.4, -0.2) is 23.8 Å². The Bertz CT molecular complexity index is 941. The summed E-state index contributed by atoms with van der Waals surface area (Å²) < 4.78 is 5.18. The Morgan fingerprint density at radius 3 is 2.54 bits per heavy atom. The van der Waals surface area contributed by atoms with Gasteiger partial charge in [-0.05, 0) is 55.3 Å². The van der Waals surface area contributed by atoms with E-state index in [-0.39, 0.29) is 0 Å². The lowest BCUT2D eigenvalue weighted by Crippen LogP contribution is -2.22. The number of benzene rings is 2. The summed E-state index contributed by atoms with van der Waals surface area (Å²) in [6.45, 7) is 3.95. The quantitative estimate of drug-likeness (QED) is 0.569. The van der Waals surface area contributed by atoms with Crippen LogP contribution in [0.1, 0.15) is 21.5 Å². The van der Waals surface area contributed by atoms with Crippen LogP contribution in [0.2, 0.25) is 0 Å². The summed E-state index contributed by atoms with van der Waals surface area (Å²) in [5, 5.41) is 3.32. The third kappa shape index (κ3) is 2.88. The van der Waals surface area contributed by atoms with Crippen molar-refractivity contribution in [1.29, 1.82) is 0 Å². The fourth-order valence-electron chi connectivity index (χ4n) is 2.54. The number of hydrogen-bond acceptors (Lipinski definition) is 3. The first kappa shape index (κ1) is 15.8. The Morgan fingerprint density at radius 2 is 1.83 bits per heavy atom. The molecule has 1 amide bonds. The van der Waals surface area contributed by atoms with Gasteiger partial charge in [0.2, 0.25) is 0 Å². The van der Waals surface area contributed by atoms with Crippen molar-refractivity contribution in [2.75, 3.05) is 12.4 Å². The molecule has 3 aromatic rings. The van der Waals surface area contributed by atoms with Crippen molar-refractivity contribution >= 4 is 28.3 Å². The van der Waals surface area contributed by atoms with Crippen LogP contribution < -0.4 is 10.1 Å². The van der Waals surface area contributed by atoms with Gasteiger partial charge in [-0.15, -0.1) is 0 Å². The number of H-pyrrole nitrogens is 1. The highest BCUT2D eigenvalue weighted by atomic mass is 16.5. The second-order valence-corrected chi connectivity index (χ2v) is 5.70. The molecule has 0 atom stereocenters. The molecule has 2 aromatic carbocycles. The second-order valence-electron chi connectivity index (χ2n) is 5.70. The molecular weight excluding hydrogens is 304 g/mol. The predicted octanol–water partition coefficient (Wildman–Crippen LogP) is 3.61. The first-order chi connectivity index (χ1) is 11.5. The monoisotopic (exact) mass is 322 g/mol. The first-order valence-corrected chi connectivity index (χ1v) is 7.57. The third-order valence-corrected chi connectivity index (χ3v) is 4.10. The van der Waals surface area contributed by atoms with Gasteiger partial charge in [0, 0.05) is 22.8 Å². The van der Waals surface area contributed by atoms with Crippen LogP contribution in [0.25, 0.3) is 10.9 Å². The predicted molar refractivity (Wildman–Crippen MR) is 93.7 cm³/mol. The molecule has 0 bridgehead atoms. The highest BCUT2D eigenvalue weighted by Gasteiger charge is 2.20. The molecule has 0 unspecified atom stereocenters. The summed E-state index contributed by atoms with van der Waals surface area (Å²) >= 11 is 0. The van der Waals surface area contributed by atoms with Crippen molar-refractivity contribution < 1.29 is 14.3 Å². The SMILES string of the molecule is COc1ccc2[nH]cc(C(=O)C(=O)Nc3ccc(C)c(C)c3)c2c1. The third-order valence-electron chi connectivity index (χ3n) is 4.10. The molecule has 3 rings (SSSR count). The summed E-state index contributed by atoms with van der Waals surface area (Å²) in [7, 11) is 1.56. The maximum absolute atomic E-state index is 12.5. The molecule has 2 N–H and O–H groups in total. The zero-order valence-corrected chi connectivity index (χ0v) is 13.8. The minimum atomic E-state index is -0.665. The number of ketones is 1. The van der Waals surface area contributed by atoms with Crippen molar-refractivity contribution in [3.05, 3.63) is 59.3 Å². The number of Topliss-reactive ketones (excluding diaryl/α,β-unsaturated/α-hetero) is 1. The van der Waals surface area contributed by atoms with E-state index in [0.29, 0.717) is 22.4 Å². The van der Waals surface area contributed by atoms with Crippen molar-refractivity contribution in [2.24, 2.45) is 0 Å². The molecule has 0 aliphatic heterocycles. The topological polar surface area (TPSA) is 71.2 Å². The van der Waals surface area contributed by atoms with Crippen LogP contribution in [0.5, 0.6) is 5.75 Å². The maximum Gasteiger partial charge on any atom is 0.296 e. The summed E-state index contributed by atoms with van der Waals surface area (Å²) in [5.74, 6) is -0.625. The molecule has 1 heterocycles. The Morgan fingerprint density at radius 1 is 1.04 bits per heavy atom. The van der Waals surface area contributed by atoms with E-state index in [1.54, 1.807) is 31.5 Å². The standard InChI is InChI=1S/C19H18N2O3/c1-11-4-5-13(8-12(11)2)21-19(23)18(22)16-10-20-17-7-6-14(24-3)9-15(16)17/h4-10,20H,1-3H3,(H,21,23). The van der Waals surface area contributed by atoms with Gasteiger partial charge >= 0.3 is 0 Å². The number of aromatic nitrogens is 1. The van der Waals surface area contributed by atoms with E-state index in [4.69, 9.17) is 4.74 Å². The maximum atomic E-state index is 12.5. The molecule has 0 spiro atoms. The zero-order valence-electron chi connectivity index (χ0n) is 13.8. The molecule has 1 aromatic heterocycles. The van der Waals surface area contributed by atoms with Gasteiger partial charge in [0.05, 0.1) is 12.7 Å². The average Bonchev–Trinajstić information content (AvgIpc) is 3.00. The molecule has 0 saturated heterocycles. The van der Waals surface area contributed by atoms with Gasteiger partial charge in [-0.3, -0.25) is 9.59 Å². The van der Waals surface area contributed by atoms with E-state index in [9.17, 15) is 9.59 Å². The number of rotatable bonds is 4. The fourth-order valence-corrected chi connectivity index (χ4v) is 2.54. The Labute approximate surface area is 139 Å². The fraction of sp³-hybridized carbons (Fsp3) is 0.158. The molecule has 0 saturated carbocycles. The summed E-state index contributed by atoms with van der Waals surface area (Å²) in [6, 6.07) is 10.9. The van der Waals surface area contributed by atoms with Crippen LogP contribution in [0.15, 0.2) is 42.6 Å².